The fourth-order valence-electron chi connectivity index (χ4n) is 6.58. The number of hydrogen-bond acceptors (Lipinski definition) is 2. The Morgan fingerprint density at radius 2 is 1.02 bits per heavy atom. The van der Waals surface area contributed by atoms with Crippen LogP contribution in [0.4, 0.5) is 0 Å². The number of aromatic nitrogens is 1. The molecular weight excluding hydrogens is 498 g/mol. The van der Waals surface area contributed by atoms with Crippen LogP contribution in [0.25, 0.3) is 88.6 Å². The van der Waals surface area contributed by atoms with Crippen LogP contribution in [0.5, 0.6) is 0 Å². The summed E-state index contributed by atoms with van der Waals surface area (Å²) in [5.41, 5.74) is 13.3. The molecule has 0 atom stereocenters. The molecule has 0 spiro atoms. The van der Waals surface area contributed by atoms with Crippen molar-refractivity contribution < 1.29 is 4.42 Å². The molecule has 1 aliphatic carbocycles. The number of benzene rings is 6. The van der Waals surface area contributed by atoms with Crippen LogP contribution in [-0.2, 0) is 0 Å². The molecule has 0 N–H and O–H groups in total. The van der Waals surface area contributed by atoms with Gasteiger partial charge in [-0.1, -0.05) is 115 Å². The molecule has 0 amide bonds. The molecule has 9 rings (SSSR count). The van der Waals surface area contributed by atoms with Gasteiger partial charge in [-0.05, 0) is 57.6 Å². The average molecular weight is 522 g/mol. The van der Waals surface area contributed by atoms with E-state index in [1.165, 1.54) is 33.2 Å². The first kappa shape index (κ1) is 22.4. The molecule has 0 bridgehead atoms. The summed E-state index contributed by atoms with van der Waals surface area (Å²) in [5, 5.41) is 4.66. The molecular formula is C39H23NO. The Balaban J connectivity index is 1.36. The van der Waals surface area contributed by atoms with Crippen molar-refractivity contribution in [3.05, 3.63) is 140 Å². The van der Waals surface area contributed by atoms with Gasteiger partial charge in [-0.25, -0.2) is 4.98 Å². The molecule has 0 saturated heterocycles. The highest BCUT2D eigenvalue weighted by molar-refractivity contribution is 6.27. The Morgan fingerprint density at radius 1 is 0.390 bits per heavy atom. The van der Waals surface area contributed by atoms with Crippen LogP contribution in [0, 0.1) is 0 Å². The van der Waals surface area contributed by atoms with Crippen LogP contribution in [-0.4, -0.2) is 4.98 Å². The summed E-state index contributed by atoms with van der Waals surface area (Å²) in [6.45, 7) is 0. The smallest absolute Gasteiger partial charge is 0.143 e. The molecule has 0 saturated carbocycles. The number of furan rings is 1. The van der Waals surface area contributed by atoms with Gasteiger partial charge in [0.25, 0.3) is 0 Å². The summed E-state index contributed by atoms with van der Waals surface area (Å²) in [6, 6.07) is 49.3. The molecule has 2 nitrogen and oxygen atoms in total. The van der Waals surface area contributed by atoms with Crippen LogP contribution < -0.4 is 0 Å². The van der Waals surface area contributed by atoms with Gasteiger partial charge in [-0.15, -0.1) is 0 Å². The predicted octanol–water partition coefficient (Wildman–Crippen LogP) is 10.8. The van der Waals surface area contributed by atoms with Gasteiger partial charge in [0.2, 0.25) is 0 Å². The molecule has 2 heteroatoms. The average Bonchev–Trinajstić information content (AvgIpc) is 3.59. The van der Waals surface area contributed by atoms with Crippen molar-refractivity contribution in [3.8, 4) is 55.9 Å². The Bertz CT molecular complexity index is 2240. The summed E-state index contributed by atoms with van der Waals surface area (Å²) in [7, 11) is 0. The lowest BCUT2D eigenvalue weighted by Gasteiger charge is -2.11. The third-order valence-corrected chi connectivity index (χ3v) is 8.40. The summed E-state index contributed by atoms with van der Waals surface area (Å²) >= 11 is 0. The van der Waals surface area contributed by atoms with Crippen molar-refractivity contribution in [2.24, 2.45) is 0 Å². The van der Waals surface area contributed by atoms with Gasteiger partial charge in [-0.3, -0.25) is 0 Å². The predicted molar refractivity (Wildman–Crippen MR) is 170 cm³/mol. The van der Waals surface area contributed by atoms with E-state index in [1.807, 2.05) is 6.07 Å². The van der Waals surface area contributed by atoms with Crippen LogP contribution in [0.2, 0.25) is 0 Å². The van der Waals surface area contributed by atoms with E-state index in [1.54, 1.807) is 0 Å². The van der Waals surface area contributed by atoms with Gasteiger partial charge in [0, 0.05) is 32.7 Å². The van der Waals surface area contributed by atoms with Crippen molar-refractivity contribution in [3.63, 3.8) is 0 Å². The van der Waals surface area contributed by atoms with Crippen molar-refractivity contribution in [1.82, 2.24) is 4.98 Å². The SMILES string of the molecule is c1ccc(-c2cc(-c3ccccc3)nc(-c3cccc4oc5c6cccc7c6c(cc5c34)-c3ccccc3-7)c2)cc1. The van der Waals surface area contributed by atoms with E-state index in [2.05, 4.69) is 133 Å². The fraction of sp³-hybridized carbons (Fsp3) is 0. The van der Waals surface area contributed by atoms with Gasteiger partial charge >= 0.3 is 0 Å². The van der Waals surface area contributed by atoms with Gasteiger partial charge in [0.05, 0.1) is 11.4 Å². The molecule has 8 aromatic rings. The van der Waals surface area contributed by atoms with Gasteiger partial charge in [0.1, 0.15) is 11.2 Å². The van der Waals surface area contributed by atoms with Crippen molar-refractivity contribution >= 4 is 32.7 Å². The Morgan fingerprint density at radius 3 is 1.83 bits per heavy atom. The number of pyridine rings is 1. The second kappa shape index (κ2) is 8.51. The topological polar surface area (TPSA) is 26.0 Å². The molecule has 0 aliphatic heterocycles. The first-order valence-corrected chi connectivity index (χ1v) is 14.0. The minimum atomic E-state index is 0.878. The van der Waals surface area contributed by atoms with E-state index < -0.39 is 0 Å². The maximum Gasteiger partial charge on any atom is 0.143 e. The van der Waals surface area contributed by atoms with E-state index in [9.17, 15) is 0 Å². The zero-order chi connectivity index (χ0) is 26.9. The molecule has 190 valence electrons. The normalized spacial score (nSPS) is 11.9. The second-order valence-corrected chi connectivity index (χ2v) is 10.7. The van der Waals surface area contributed by atoms with E-state index in [0.29, 0.717) is 0 Å². The molecule has 1 aliphatic rings. The number of nitrogens with zero attached hydrogens (tertiary/aromatic N) is 1. The molecule has 0 radical (unpaired) electrons. The van der Waals surface area contributed by atoms with Crippen LogP contribution in [0.3, 0.4) is 0 Å². The first-order chi connectivity index (χ1) is 20.3. The van der Waals surface area contributed by atoms with Crippen molar-refractivity contribution in [2.75, 3.05) is 0 Å². The Kier molecular flexibility index (Phi) is 4.64. The monoisotopic (exact) mass is 521 g/mol. The zero-order valence-electron chi connectivity index (χ0n) is 22.1. The lowest BCUT2D eigenvalue weighted by molar-refractivity contribution is 0.673. The first-order valence-electron chi connectivity index (χ1n) is 14.0. The highest BCUT2D eigenvalue weighted by Crippen LogP contribution is 2.51. The molecule has 6 aromatic carbocycles. The highest BCUT2D eigenvalue weighted by atomic mass is 16.3. The molecule has 0 fully saturated rings. The Hall–Kier alpha value is -5.47. The molecule has 2 heterocycles. The highest BCUT2D eigenvalue weighted by Gasteiger charge is 2.25. The third-order valence-electron chi connectivity index (χ3n) is 8.40. The maximum absolute atomic E-state index is 6.67. The van der Waals surface area contributed by atoms with Crippen LogP contribution in [0.1, 0.15) is 0 Å². The lowest BCUT2D eigenvalue weighted by atomic mass is 9.95. The summed E-state index contributed by atoms with van der Waals surface area (Å²) in [5.74, 6) is 0. The van der Waals surface area contributed by atoms with E-state index in [0.717, 1.165) is 55.4 Å². The molecule has 2 aromatic heterocycles. The summed E-state index contributed by atoms with van der Waals surface area (Å²) < 4.78 is 6.67. The quantitative estimate of drug-likeness (QED) is 0.231. The van der Waals surface area contributed by atoms with Crippen LogP contribution >= 0.6 is 0 Å². The maximum atomic E-state index is 6.67. The van der Waals surface area contributed by atoms with E-state index in [4.69, 9.17) is 9.40 Å². The number of rotatable bonds is 3. The van der Waals surface area contributed by atoms with Gasteiger partial charge < -0.3 is 4.42 Å². The van der Waals surface area contributed by atoms with Gasteiger partial charge in [-0.2, -0.15) is 0 Å². The molecule has 41 heavy (non-hydrogen) atoms. The Labute approximate surface area is 237 Å². The van der Waals surface area contributed by atoms with E-state index in [-0.39, 0.29) is 0 Å². The minimum absolute atomic E-state index is 0.878. The number of hydrogen-bond donors (Lipinski definition) is 0. The largest absolute Gasteiger partial charge is 0.455 e. The fourth-order valence-corrected chi connectivity index (χ4v) is 6.58. The standard InChI is InChI=1S/C39H23NO/c1-3-11-24(12-4-1)26-21-34(25-13-5-2-6-14-25)40-35(22-26)30-18-10-20-36-38(30)33-23-32-28-16-8-7-15-27(28)29-17-9-19-31(37(29)32)39(33)41-36/h1-23H. The molecule has 0 unspecified atom stereocenters. The minimum Gasteiger partial charge on any atom is -0.455 e. The summed E-state index contributed by atoms with van der Waals surface area (Å²) in [4.78, 5) is 5.25. The zero-order valence-corrected chi connectivity index (χ0v) is 22.1. The van der Waals surface area contributed by atoms with Crippen molar-refractivity contribution in [1.29, 1.82) is 0 Å². The van der Waals surface area contributed by atoms with Gasteiger partial charge in [0.15, 0.2) is 0 Å². The van der Waals surface area contributed by atoms with E-state index >= 15 is 0 Å². The van der Waals surface area contributed by atoms with Crippen LogP contribution in [0.15, 0.2) is 144 Å². The summed E-state index contributed by atoms with van der Waals surface area (Å²) in [6.07, 6.45) is 0. The second-order valence-electron chi connectivity index (χ2n) is 10.7. The third kappa shape index (κ3) is 3.28. The number of fused-ring (bicyclic) bond motifs is 7. The lowest BCUT2D eigenvalue weighted by Crippen LogP contribution is -1.91. The van der Waals surface area contributed by atoms with Crippen molar-refractivity contribution in [2.45, 2.75) is 0 Å².